The lowest BCUT2D eigenvalue weighted by molar-refractivity contribution is -0.134. The van der Waals surface area contributed by atoms with E-state index in [0.29, 0.717) is 0 Å². The Morgan fingerprint density at radius 1 is 1.89 bits per heavy atom. The van der Waals surface area contributed by atoms with E-state index in [2.05, 4.69) is 4.74 Å². The maximum atomic E-state index is 10.2. The molecule has 0 saturated heterocycles. The van der Waals surface area contributed by atoms with E-state index in [1.54, 1.807) is 0 Å². The first-order valence-corrected chi connectivity index (χ1v) is 2.68. The highest BCUT2D eigenvalue weighted by Crippen LogP contribution is 1.90. The number of esters is 1. The van der Waals surface area contributed by atoms with Crippen molar-refractivity contribution < 1.29 is 14.6 Å². The fourth-order valence-corrected chi connectivity index (χ4v) is 0.299. The second kappa shape index (κ2) is 4.35. The lowest BCUT2D eigenvalue weighted by Gasteiger charge is -1.90. The van der Waals surface area contributed by atoms with Crippen LogP contribution < -0.4 is 0 Å². The van der Waals surface area contributed by atoms with Crippen LogP contribution in [0.25, 0.3) is 0 Å². The molecule has 0 bridgehead atoms. The Bertz CT molecular complexity index is 119. The number of carbonyl (C=O) groups is 1. The van der Waals surface area contributed by atoms with Crippen molar-refractivity contribution in [3.05, 3.63) is 12.2 Å². The van der Waals surface area contributed by atoms with Gasteiger partial charge in [0.05, 0.1) is 7.11 Å². The van der Waals surface area contributed by atoms with Crippen LogP contribution in [0, 0.1) is 0 Å². The van der Waals surface area contributed by atoms with Gasteiger partial charge in [-0.25, -0.2) is 4.79 Å². The van der Waals surface area contributed by atoms with E-state index in [-0.39, 0.29) is 0 Å². The van der Waals surface area contributed by atoms with E-state index in [1.165, 1.54) is 7.11 Å². The normalized spacial score (nSPS) is 13.7. The average molecular weight is 151 g/mol. The van der Waals surface area contributed by atoms with E-state index >= 15 is 0 Å². The fraction of sp³-hybridized carbons (Fsp3) is 0.400. The van der Waals surface area contributed by atoms with Gasteiger partial charge in [-0.15, -0.1) is 0 Å². The minimum Gasteiger partial charge on any atom is -0.466 e. The predicted molar refractivity (Wildman–Crippen MR) is 33.0 cm³/mol. The lowest BCUT2D eigenvalue weighted by atomic mass is 10.5. The Hall–Kier alpha value is -0.540. The number of hydrogen-bond acceptors (Lipinski definition) is 3. The molecule has 1 atom stereocenters. The molecule has 0 saturated carbocycles. The zero-order chi connectivity index (χ0) is 7.28. The number of halogens is 1. The van der Waals surface area contributed by atoms with E-state index in [1.807, 2.05) is 0 Å². The second-order valence-electron chi connectivity index (χ2n) is 1.25. The molecule has 1 N–H and O–H groups in total. The van der Waals surface area contributed by atoms with E-state index < -0.39 is 11.5 Å². The Balaban J connectivity index is 3.57. The highest BCUT2D eigenvalue weighted by atomic mass is 35.5. The molecule has 0 rings (SSSR count). The van der Waals surface area contributed by atoms with Crippen LogP contribution in [-0.2, 0) is 9.53 Å². The Labute approximate surface area is 57.9 Å². The summed E-state index contributed by atoms with van der Waals surface area (Å²) in [7, 11) is 1.24. The van der Waals surface area contributed by atoms with Gasteiger partial charge < -0.3 is 9.84 Å². The molecular formula is C5H7ClO3. The third-order valence-corrected chi connectivity index (χ3v) is 0.738. The summed E-state index contributed by atoms with van der Waals surface area (Å²) in [4.78, 5) is 10.2. The summed E-state index contributed by atoms with van der Waals surface area (Å²) < 4.78 is 4.21. The van der Waals surface area contributed by atoms with Crippen molar-refractivity contribution in [3.8, 4) is 0 Å². The van der Waals surface area contributed by atoms with Gasteiger partial charge in [0.1, 0.15) is 5.56 Å². The molecule has 0 aromatic heterocycles. The number of rotatable bonds is 2. The van der Waals surface area contributed by atoms with Crippen LogP contribution in [0.3, 0.4) is 0 Å². The topological polar surface area (TPSA) is 46.5 Å². The monoisotopic (exact) mass is 150 g/mol. The van der Waals surface area contributed by atoms with Crippen LogP contribution in [-0.4, -0.2) is 23.7 Å². The van der Waals surface area contributed by atoms with Crippen LogP contribution in [0.4, 0.5) is 0 Å². The van der Waals surface area contributed by atoms with Gasteiger partial charge in [0.15, 0.2) is 0 Å². The van der Waals surface area contributed by atoms with Crippen molar-refractivity contribution in [3.63, 3.8) is 0 Å². The Morgan fingerprint density at radius 3 is 2.78 bits per heavy atom. The lowest BCUT2D eigenvalue weighted by Crippen LogP contribution is -1.96. The molecule has 0 spiro atoms. The first kappa shape index (κ1) is 8.46. The quantitative estimate of drug-likeness (QED) is 0.349. The van der Waals surface area contributed by atoms with Gasteiger partial charge in [-0.05, 0) is 6.08 Å². The molecule has 3 nitrogen and oxygen atoms in total. The second-order valence-corrected chi connectivity index (χ2v) is 1.70. The summed E-state index contributed by atoms with van der Waals surface area (Å²) in [6.07, 6.45) is 2.17. The first-order valence-electron chi connectivity index (χ1n) is 2.25. The van der Waals surface area contributed by atoms with E-state index in [4.69, 9.17) is 16.7 Å². The van der Waals surface area contributed by atoms with Gasteiger partial charge in [0.25, 0.3) is 0 Å². The van der Waals surface area contributed by atoms with Gasteiger partial charge >= 0.3 is 5.97 Å². The van der Waals surface area contributed by atoms with Gasteiger partial charge in [-0.2, -0.15) is 0 Å². The number of aliphatic hydroxyl groups is 1. The zero-order valence-corrected chi connectivity index (χ0v) is 5.63. The van der Waals surface area contributed by atoms with E-state index in [9.17, 15) is 4.79 Å². The maximum absolute atomic E-state index is 10.2. The Morgan fingerprint density at radius 2 is 2.44 bits per heavy atom. The molecule has 0 fully saturated rings. The summed E-state index contributed by atoms with van der Waals surface area (Å²) in [5.41, 5.74) is -1.12. The number of hydrogen-bond donors (Lipinski definition) is 1. The van der Waals surface area contributed by atoms with Gasteiger partial charge in [-0.3, -0.25) is 0 Å². The summed E-state index contributed by atoms with van der Waals surface area (Å²) in [5, 5.41) is 8.37. The first-order chi connectivity index (χ1) is 4.16. The minimum atomic E-state index is -1.12. The highest BCUT2D eigenvalue weighted by Gasteiger charge is 1.92. The van der Waals surface area contributed by atoms with Gasteiger partial charge in [0.2, 0.25) is 0 Å². The summed E-state index contributed by atoms with van der Waals surface area (Å²) in [6.45, 7) is 0. The minimum absolute atomic E-state index is 0.533. The molecule has 0 heterocycles. The third kappa shape index (κ3) is 5.33. The molecule has 1 unspecified atom stereocenters. The average Bonchev–Trinajstić information content (AvgIpc) is 1.83. The number of aliphatic hydroxyl groups excluding tert-OH is 1. The number of alkyl halides is 1. The van der Waals surface area contributed by atoms with Gasteiger partial charge in [-0.1, -0.05) is 11.6 Å². The Kier molecular flexibility index (Phi) is 4.09. The van der Waals surface area contributed by atoms with Crippen molar-refractivity contribution in [1.82, 2.24) is 0 Å². The third-order valence-electron chi connectivity index (χ3n) is 0.592. The van der Waals surface area contributed by atoms with Crippen molar-refractivity contribution in [1.29, 1.82) is 0 Å². The van der Waals surface area contributed by atoms with Crippen molar-refractivity contribution >= 4 is 17.6 Å². The summed E-state index contributed by atoms with van der Waals surface area (Å²) in [6, 6.07) is 0. The molecule has 9 heavy (non-hydrogen) atoms. The molecule has 0 aliphatic carbocycles. The maximum Gasteiger partial charge on any atom is 0.330 e. The smallest absolute Gasteiger partial charge is 0.330 e. The number of carbonyl (C=O) groups excluding carboxylic acids is 1. The van der Waals surface area contributed by atoms with Crippen LogP contribution in [0.5, 0.6) is 0 Å². The SMILES string of the molecule is COC(=O)C=CC(O)Cl. The standard InChI is InChI=1S/C5H7ClO3/c1-9-5(8)3-2-4(6)7/h2-4,7H,1H3. The summed E-state index contributed by atoms with van der Waals surface area (Å²) in [5.74, 6) is -0.533. The zero-order valence-electron chi connectivity index (χ0n) is 4.87. The van der Waals surface area contributed by atoms with Crippen LogP contribution in [0.1, 0.15) is 0 Å². The van der Waals surface area contributed by atoms with E-state index in [0.717, 1.165) is 12.2 Å². The molecule has 0 aliphatic heterocycles. The molecular weight excluding hydrogens is 144 g/mol. The molecule has 52 valence electrons. The van der Waals surface area contributed by atoms with Crippen LogP contribution in [0.15, 0.2) is 12.2 Å². The van der Waals surface area contributed by atoms with Crippen LogP contribution >= 0.6 is 11.6 Å². The van der Waals surface area contributed by atoms with Gasteiger partial charge in [0, 0.05) is 6.08 Å². The fourth-order valence-electron chi connectivity index (χ4n) is 0.226. The predicted octanol–water partition coefficient (Wildman–Crippen LogP) is 0.273. The molecule has 0 radical (unpaired) electrons. The van der Waals surface area contributed by atoms with Crippen molar-refractivity contribution in [2.45, 2.75) is 5.56 Å². The number of methoxy groups -OCH3 is 1. The van der Waals surface area contributed by atoms with Crippen molar-refractivity contribution in [2.75, 3.05) is 7.11 Å². The number of ether oxygens (including phenoxy) is 1. The molecule has 4 heteroatoms. The van der Waals surface area contributed by atoms with Crippen molar-refractivity contribution in [2.24, 2.45) is 0 Å². The van der Waals surface area contributed by atoms with Crippen LogP contribution in [0.2, 0.25) is 0 Å². The summed E-state index contributed by atoms with van der Waals surface area (Å²) >= 11 is 5.04. The molecule has 0 aromatic rings. The molecule has 0 aliphatic rings. The highest BCUT2D eigenvalue weighted by molar-refractivity contribution is 6.20. The molecule has 0 amide bonds. The molecule has 0 aromatic carbocycles. The largest absolute Gasteiger partial charge is 0.466 e.